The summed E-state index contributed by atoms with van der Waals surface area (Å²) in [5, 5.41) is 7.53. The molecule has 0 unspecified atom stereocenters. The summed E-state index contributed by atoms with van der Waals surface area (Å²) >= 11 is 0. The smallest absolute Gasteiger partial charge is 0.360 e. The zero-order chi connectivity index (χ0) is 21.3. The van der Waals surface area contributed by atoms with Crippen LogP contribution in [-0.4, -0.2) is 34.6 Å². The summed E-state index contributed by atoms with van der Waals surface area (Å²) in [6.07, 6.45) is -1.09. The third kappa shape index (κ3) is 3.57. The van der Waals surface area contributed by atoms with Crippen molar-refractivity contribution in [2.75, 3.05) is 12.1 Å². The molecule has 154 valence electrons. The molecule has 0 radical (unpaired) electrons. The second-order valence-corrected chi connectivity index (χ2v) is 6.62. The lowest BCUT2D eigenvalue weighted by Gasteiger charge is -2.15. The van der Waals surface area contributed by atoms with E-state index < -0.39 is 18.0 Å². The summed E-state index contributed by atoms with van der Waals surface area (Å²) in [6, 6.07) is 11.6. The van der Waals surface area contributed by atoms with Crippen LogP contribution in [0.25, 0.3) is 10.8 Å². The molecule has 30 heavy (non-hydrogen) atoms. The summed E-state index contributed by atoms with van der Waals surface area (Å²) in [6.45, 7) is 3.63. The quantitative estimate of drug-likeness (QED) is 0.644. The van der Waals surface area contributed by atoms with E-state index in [0.717, 1.165) is 0 Å². The number of carbonyl (C=O) groups is 2. The first kappa shape index (κ1) is 19.4. The third-order valence-electron chi connectivity index (χ3n) is 4.65. The molecule has 1 amide bonds. The van der Waals surface area contributed by atoms with Crippen molar-refractivity contribution in [1.29, 1.82) is 0 Å². The highest BCUT2D eigenvalue weighted by Gasteiger charge is 2.24. The molecule has 1 atom stereocenters. The number of hydrogen-bond donors (Lipinski definition) is 1. The molecule has 1 aliphatic rings. The highest BCUT2D eigenvalue weighted by molar-refractivity contribution is 6.03. The maximum Gasteiger partial charge on any atom is 0.360 e. The van der Waals surface area contributed by atoms with Crippen molar-refractivity contribution in [3.8, 4) is 11.5 Å². The van der Waals surface area contributed by atoms with E-state index in [1.807, 2.05) is 0 Å². The van der Waals surface area contributed by atoms with Crippen LogP contribution in [0.3, 0.4) is 0 Å². The molecule has 0 fully saturated rings. The number of amides is 1. The summed E-state index contributed by atoms with van der Waals surface area (Å²) in [5.74, 6) is -0.191. The van der Waals surface area contributed by atoms with Crippen LogP contribution in [0.1, 0.15) is 24.3 Å². The SMILES string of the molecule is CCn1nc(C(=O)O[C@H](C)C(=O)Nc2ccc3c(c2)OCO3)c2ccccc2c1=O. The van der Waals surface area contributed by atoms with E-state index in [-0.39, 0.29) is 18.0 Å². The second kappa shape index (κ2) is 7.86. The number of esters is 1. The van der Waals surface area contributed by atoms with Crippen LogP contribution in [0, 0.1) is 0 Å². The van der Waals surface area contributed by atoms with Crippen LogP contribution in [0.5, 0.6) is 11.5 Å². The highest BCUT2D eigenvalue weighted by atomic mass is 16.7. The molecule has 0 saturated carbocycles. The van der Waals surface area contributed by atoms with Crippen molar-refractivity contribution in [3.05, 3.63) is 58.5 Å². The van der Waals surface area contributed by atoms with Crippen LogP contribution < -0.4 is 20.3 Å². The average Bonchev–Trinajstić information content (AvgIpc) is 3.22. The number of carbonyl (C=O) groups excluding carboxylic acids is 2. The van der Waals surface area contributed by atoms with Gasteiger partial charge in [-0.3, -0.25) is 9.59 Å². The predicted octanol–water partition coefficient (Wildman–Crippen LogP) is 2.33. The van der Waals surface area contributed by atoms with Crippen LogP contribution in [-0.2, 0) is 16.1 Å². The number of nitrogens with zero attached hydrogens (tertiary/aromatic N) is 2. The molecular formula is C21H19N3O6. The van der Waals surface area contributed by atoms with Crippen molar-refractivity contribution < 1.29 is 23.8 Å². The molecular weight excluding hydrogens is 390 g/mol. The van der Waals surface area contributed by atoms with Gasteiger partial charge in [0.05, 0.1) is 5.39 Å². The van der Waals surface area contributed by atoms with Gasteiger partial charge in [-0.05, 0) is 32.0 Å². The molecule has 1 aliphatic heterocycles. The first-order valence-electron chi connectivity index (χ1n) is 9.39. The van der Waals surface area contributed by atoms with E-state index in [0.29, 0.717) is 34.5 Å². The molecule has 3 aromatic rings. The molecule has 0 aliphatic carbocycles. The van der Waals surface area contributed by atoms with E-state index in [4.69, 9.17) is 14.2 Å². The zero-order valence-electron chi connectivity index (χ0n) is 16.4. The molecule has 1 aromatic heterocycles. The lowest BCUT2D eigenvalue weighted by molar-refractivity contribution is -0.123. The molecule has 4 rings (SSSR count). The molecule has 0 spiro atoms. The summed E-state index contributed by atoms with van der Waals surface area (Å²) in [5.41, 5.74) is 0.170. The minimum atomic E-state index is -1.09. The number of nitrogens with one attached hydrogen (secondary N) is 1. The molecule has 0 saturated heterocycles. The van der Waals surface area contributed by atoms with Crippen molar-refractivity contribution in [1.82, 2.24) is 9.78 Å². The Hall–Kier alpha value is -3.88. The molecule has 9 nitrogen and oxygen atoms in total. The lowest BCUT2D eigenvalue weighted by atomic mass is 10.1. The van der Waals surface area contributed by atoms with Crippen molar-refractivity contribution in [2.24, 2.45) is 0 Å². The molecule has 2 heterocycles. The van der Waals surface area contributed by atoms with Crippen molar-refractivity contribution in [3.63, 3.8) is 0 Å². The van der Waals surface area contributed by atoms with Gasteiger partial charge < -0.3 is 19.5 Å². The summed E-state index contributed by atoms with van der Waals surface area (Å²) in [4.78, 5) is 37.6. The Morgan fingerprint density at radius 3 is 2.67 bits per heavy atom. The van der Waals surface area contributed by atoms with E-state index in [1.54, 1.807) is 49.4 Å². The van der Waals surface area contributed by atoms with E-state index in [1.165, 1.54) is 11.6 Å². The largest absolute Gasteiger partial charge is 0.454 e. The van der Waals surface area contributed by atoms with Crippen LogP contribution in [0.2, 0.25) is 0 Å². The topological polar surface area (TPSA) is 109 Å². The maximum atomic E-state index is 12.7. The number of anilines is 1. The third-order valence-corrected chi connectivity index (χ3v) is 4.65. The Bertz CT molecular complexity index is 1200. The molecule has 2 aromatic carbocycles. The van der Waals surface area contributed by atoms with Gasteiger partial charge in [0.2, 0.25) is 6.79 Å². The Morgan fingerprint density at radius 2 is 1.90 bits per heavy atom. The summed E-state index contributed by atoms with van der Waals surface area (Å²) in [7, 11) is 0. The Balaban J connectivity index is 1.53. The van der Waals surface area contributed by atoms with Gasteiger partial charge in [-0.2, -0.15) is 5.10 Å². The number of fused-ring (bicyclic) bond motifs is 2. The average molecular weight is 409 g/mol. The van der Waals surface area contributed by atoms with Gasteiger partial charge in [0.25, 0.3) is 11.5 Å². The normalized spacial score (nSPS) is 13.1. The fourth-order valence-electron chi connectivity index (χ4n) is 3.09. The van der Waals surface area contributed by atoms with Gasteiger partial charge in [-0.1, -0.05) is 18.2 Å². The Kier molecular flexibility index (Phi) is 5.09. The number of aromatic nitrogens is 2. The minimum Gasteiger partial charge on any atom is -0.454 e. The van der Waals surface area contributed by atoms with Gasteiger partial charge in [0.15, 0.2) is 23.3 Å². The fourth-order valence-corrected chi connectivity index (χ4v) is 3.09. The van der Waals surface area contributed by atoms with Crippen molar-refractivity contribution >= 4 is 28.3 Å². The molecule has 9 heteroatoms. The number of rotatable bonds is 5. The van der Waals surface area contributed by atoms with Crippen LogP contribution >= 0.6 is 0 Å². The highest BCUT2D eigenvalue weighted by Crippen LogP contribution is 2.34. The fraction of sp³-hybridized carbons (Fsp3) is 0.238. The Labute approximate surface area is 171 Å². The number of aryl methyl sites for hydroxylation is 1. The van der Waals surface area contributed by atoms with Crippen LogP contribution in [0.15, 0.2) is 47.3 Å². The standard InChI is InChI=1S/C21H19N3O6/c1-3-24-20(26)15-7-5-4-6-14(15)18(23-24)21(27)30-12(2)19(25)22-13-8-9-16-17(10-13)29-11-28-16/h4-10,12H,3,11H2,1-2H3,(H,22,25)/t12-/m1/s1. The van der Waals surface area contributed by atoms with Crippen molar-refractivity contribution in [2.45, 2.75) is 26.5 Å². The monoisotopic (exact) mass is 409 g/mol. The Morgan fingerprint density at radius 1 is 1.17 bits per heavy atom. The van der Waals surface area contributed by atoms with Gasteiger partial charge in [0.1, 0.15) is 0 Å². The predicted molar refractivity (Wildman–Crippen MR) is 108 cm³/mol. The summed E-state index contributed by atoms with van der Waals surface area (Å²) < 4.78 is 17.0. The lowest BCUT2D eigenvalue weighted by Crippen LogP contribution is -2.31. The zero-order valence-corrected chi connectivity index (χ0v) is 16.4. The van der Waals surface area contributed by atoms with Gasteiger partial charge in [0, 0.05) is 23.7 Å². The van der Waals surface area contributed by atoms with E-state index >= 15 is 0 Å². The van der Waals surface area contributed by atoms with Gasteiger partial charge >= 0.3 is 5.97 Å². The molecule has 1 N–H and O–H groups in total. The van der Waals surface area contributed by atoms with E-state index in [2.05, 4.69) is 10.4 Å². The number of ether oxygens (including phenoxy) is 3. The first-order chi connectivity index (χ1) is 14.5. The molecule has 0 bridgehead atoms. The van der Waals surface area contributed by atoms with Gasteiger partial charge in [-0.15, -0.1) is 0 Å². The number of benzene rings is 2. The maximum absolute atomic E-state index is 12.7. The van der Waals surface area contributed by atoms with Crippen LogP contribution in [0.4, 0.5) is 5.69 Å². The minimum absolute atomic E-state index is 0.0187. The second-order valence-electron chi connectivity index (χ2n) is 6.62. The van der Waals surface area contributed by atoms with Gasteiger partial charge in [-0.25, -0.2) is 9.48 Å². The van der Waals surface area contributed by atoms with E-state index in [9.17, 15) is 14.4 Å². The number of hydrogen-bond acceptors (Lipinski definition) is 7. The first-order valence-corrected chi connectivity index (χ1v) is 9.39.